The third-order valence-electron chi connectivity index (χ3n) is 3.89. The van der Waals surface area contributed by atoms with Crippen LogP contribution in [0.1, 0.15) is 10.5 Å². The van der Waals surface area contributed by atoms with Gasteiger partial charge < -0.3 is 9.84 Å². The van der Waals surface area contributed by atoms with Gasteiger partial charge in [0.1, 0.15) is 5.75 Å². The molecule has 4 rings (SSSR count). The van der Waals surface area contributed by atoms with Crippen molar-refractivity contribution in [2.45, 2.75) is 0 Å². The number of aromatic nitrogens is 3. The first-order chi connectivity index (χ1) is 11.7. The van der Waals surface area contributed by atoms with Crippen molar-refractivity contribution in [3.05, 3.63) is 60.3 Å². The van der Waals surface area contributed by atoms with Crippen molar-refractivity contribution in [3.63, 3.8) is 0 Å². The van der Waals surface area contributed by atoms with E-state index in [4.69, 9.17) is 4.74 Å². The molecule has 0 amide bonds. The first kappa shape index (κ1) is 14.2. The van der Waals surface area contributed by atoms with E-state index in [2.05, 4.69) is 10.1 Å². The van der Waals surface area contributed by atoms with Crippen molar-refractivity contribution in [2.75, 3.05) is 7.11 Å². The van der Waals surface area contributed by atoms with E-state index in [9.17, 15) is 9.90 Å². The Morgan fingerprint density at radius 1 is 1.12 bits per heavy atom. The Kier molecular flexibility index (Phi) is 3.16. The third kappa shape index (κ3) is 2.16. The molecule has 0 saturated carbocycles. The number of carboxylic acid groups (broad SMARTS) is 1. The lowest BCUT2D eigenvalue weighted by Crippen LogP contribution is -2.05. The van der Waals surface area contributed by atoms with Crippen molar-refractivity contribution in [3.8, 4) is 17.0 Å². The Bertz CT molecular complexity index is 1070. The van der Waals surface area contributed by atoms with Gasteiger partial charge in [0, 0.05) is 10.9 Å². The molecule has 0 saturated heterocycles. The van der Waals surface area contributed by atoms with Gasteiger partial charge in [-0.2, -0.15) is 5.10 Å². The average molecular weight is 319 g/mol. The van der Waals surface area contributed by atoms with Gasteiger partial charge in [-0.25, -0.2) is 14.3 Å². The Morgan fingerprint density at radius 3 is 2.58 bits per heavy atom. The van der Waals surface area contributed by atoms with Crippen molar-refractivity contribution in [1.82, 2.24) is 14.6 Å². The zero-order valence-corrected chi connectivity index (χ0v) is 12.8. The molecule has 2 aromatic carbocycles. The lowest BCUT2D eigenvalue weighted by Gasteiger charge is -2.07. The summed E-state index contributed by atoms with van der Waals surface area (Å²) < 4.78 is 6.85. The smallest absolute Gasteiger partial charge is 0.354 e. The maximum absolute atomic E-state index is 11.5. The van der Waals surface area contributed by atoms with Crippen molar-refractivity contribution in [1.29, 1.82) is 0 Å². The summed E-state index contributed by atoms with van der Waals surface area (Å²) in [5, 5.41) is 14.8. The van der Waals surface area contributed by atoms with E-state index in [1.54, 1.807) is 11.6 Å². The minimum Gasteiger partial charge on any atom is -0.497 e. The summed E-state index contributed by atoms with van der Waals surface area (Å²) in [7, 11) is 1.60. The standard InChI is InChI=1S/C18H13N3O3/c1-24-12-8-6-11(7-9-12)16-10-15(18(22)23)19-17-13-4-2-3-5-14(13)20-21(16)17/h2-10H,1H3,(H,22,23). The lowest BCUT2D eigenvalue weighted by molar-refractivity contribution is 0.0690. The van der Waals surface area contributed by atoms with Crippen LogP contribution in [0.5, 0.6) is 5.75 Å². The minimum absolute atomic E-state index is 0.0148. The van der Waals surface area contributed by atoms with Crippen LogP contribution in [0.2, 0.25) is 0 Å². The van der Waals surface area contributed by atoms with Gasteiger partial charge in [0.05, 0.1) is 18.3 Å². The van der Waals surface area contributed by atoms with Crippen LogP contribution in [0.3, 0.4) is 0 Å². The molecule has 0 spiro atoms. The highest BCUT2D eigenvalue weighted by Crippen LogP contribution is 2.27. The summed E-state index contributed by atoms with van der Waals surface area (Å²) in [4.78, 5) is 15.7. The minimum atomic E-state index is -1.07. The molecule has 6 nitrogen and oxygen atoms in total. The highest BCUT2D eigenvalue weighted by molar-refractivity contribution is 5.95. The second kappa shape index (κ2) is 5.34. The molecule has 0 aliphatic carbocycles. The molecule has 0 unspecified atom stereocenters. The van der Waals surface area contributed by atoms with Crippen LogP contribution in [-0.2, 0) is 0 Å². The number of hydrogen-bond acceptors (Lipinski definition) is 4. The van der Waals surface area contributed by atoms with Crippen LogP contribution in [0.15, 0.2) is 54.6 Å². The van der Waals surface area contributed by atoms with Gasteiger partial charge in [-0.1, -0.05) is 12.1 Å². The fraction of sp³-hybridized carbons (Fsp3) is 0.0556. The normalized spacial score (nSPS) is 11.0. The molecule has 4 aromatic rings. The first-order valence-electron chi connectivity index (χ1n) is 7.33. The van der Waals surface area contributed by atoms with Crippen LogP contribution in [-0.4, -0.2) is 32.8 Å². The number of benzene rings is 2. The number of methoxy groups -OCH3 is 1. The second-order valence-electron chi connectivity index (χ2n) is 5.31. The van der Waals surface area contributed by atoms with Gasteiger partial charge in [-0.15, -0.1) is 0 Å². The Balaban J connectivity index is 2.06. The quantitative estimate of drug-likeness (QED) is 0.627. The van der Waals surface area contributed by atoms with Gasteiger partial charge in [0.25, 0.3) is 0 Å². The number of ether oxygens (including phenoxy) is 1. The molecular formula is C18H13N3O3. The largest absolute Gasteiger partial charge is 0.497 e. The van der Waals surface area contributed by atoms with Gasteiger partial charge in [0.2, 0.25) is 0 Å². The van der Waals surface area contributed by atoms with Crippen molar-refractivity contribution >= 4 is 22.5 Å². The molecule has 0 aliphatic rings. The summed E-state index contributed by atoms with van der Waals surface area (Å²) in [6.07, 6.45) is 0. The molecule has 6 heteroatoms. The molecule has 0 atom stereocenters. The van der Waals surface area contributed by atoms with E-state index >= 15 is 0 Å². The number of aromatic carboxylic acids is 1. The molecule has 2 aromatic heterocycles. The lowest BCUT2D eigenvalue weighted by atomic mass is 10.1. The summed E-state index contributed by atoms with van der Waals surface area (Å²) in [6, 6.07) is 16.4. The molecule has 24 heavy (non-hydrogen) atoms. The van der Waals surface area contributed by atoms with E-state index in [1.807, 2.05) is 48.5 Å². The number of rotatable bonds is 3. The highest BCUT2D eigenvalue weighted by atomic mass is 16.5. The Morgan fingerprint density at radius 2 is 1.88 bits per heavy atom. The summed E-state index contributed by atoms with van der Waals surface area (Å²) in [5.41, 5.74) is 2.77. The maximum atomic E-state index is 11.5. The van der Waals surface area contributed by atoms with Gasteiger partial charge >= 0.3 is 5.97 Å². The molecule has 2 heterocycles. The number of carboxylic acids is 1. The predicted octanol–water partition coefficient (Wildman–Crippen LogP) is 3.26. The van der Waals surface area contributed by atoms with Gasteiger partial charge in [-0.3, -0.25) is 0 Å². The van der Waals surface area contributed by atoms with E-state index in [-0.39, 0.29) is 5.69 Å². The van der Waals surface area contributed by atoms with Crippen LogP contribution < -0.4 is 4.74 Å². The molecular weight excluding hydrogens is 306 g/mol. The van der Waals surface area contributed by atoms with Crippen LogP contribution in [0, 0.1) is 0 Å². The number of hydrogen-bond donors (Lipinski definition) is 1. The highest BCUT2D eigenvalue weighted by Gasteiger charge is 2.16. The fourth-order valence-corrected chi connectivity index (χ4v) is 2.71. The van der Waals surface area contributed by atoms with Crippen molar-refractivity contribution < 1.29 is 14.6 Å². The molecule has 118 valence electrons. The molecule has 0 aliphatic heterocycles. The summed E-state index contributed by atoms with van der Waals surface area (Å²) in [5.74, 6) is -0.342. The predicted molar refractivity (Wildman–Crippen MR) is 89.4 cm³/mol. The molecule has 0 bridgehead atoms. The van der Waals surface area contributed by atoms with Crippen LogP contribution in [0.4, 0.5) is 0 Å². The van der Waals surface area contributed by atoms with E-state index in [0.29, 0.717) is 11.3 Å². The number of fused-ring (bicyclic) bond motifs is 3. The molecule has 1 N–H and O–H groups in total. The second-order valence-corrected chi connectivity index (χ2v) is 5.31. The van der Waals surface area contributed by atoms with Gasteiger partial charge in [-0.05, 0) is 42.5 Å². The van der Waals surface area contributed by atoms with Crippen LogP contribution >= 0.6 is 0 Å². The first-order valence-corrected chi connectivity index (χ1v) is 7.33. The van der Waals surface area contributed by atoms with E-state index < -0.39 is 5.97 Å². The summed E-state index contributed by atoms with van der Waals surface area (Å²) >= 11 is 0. The number of nitrogens with zero attached hydrogens (tertiary/aromatic N) is 3. The average Bonchev–Trinajstić information content (AvgIpc) is 2.99. The van der Waals surface area contributed by atoms with E-state index in [1.165, 1.54) is 6.07 Å². The maximum Gasteiger partial charge on any atom is 0.354 e. The van der Waals surface area contributed by atoms with E-state index in [0.717, 1.165) is 22.2 Å². The van der Waals surface area contributed by atoms with Crippen LogP contribution in [0.25, 0.3) is 27.8 Å². The molecule has 0 radical (unpaired) electrons. The van der Waals surface area contributed by atoms with Crippen molar-refractivity contribution in [2.24, 2.45) is 0 Å². The van der Waals surface area contributed by atoms with Gasteiger partial charge in [0.15, 0.2) is 11.3 Å². The monoisotopic (exact) mass is 319 g/mol. The Hall–Kier alpha value is -3.41. The fourth-order valence-electron chi connectivity index (χ4n) is 2.71. The third-order valence-corrected chi connectivity index (χ3v) is 3.89. The SMILES string of the molecule is COc1ccc(-c2cc(C(=O)O)nc3c4ccccc4nn23)cc1. The zero-order chi connectivity index (χ0) is 16.7. The Labute approximate surface area is 136 Å². The topological polar surface area (TPSA) is 76.7 Å². The zero-order valence-electron chi connectivity index (χ0n) is 12.8. The summed E-state index contributed by atoms with van der Waals surface area (Å²) in [6.45, 7) is 0. The number of carbonyl (C=O) groups is 1. The molecule has 0 fully saturated rings.